The van der Waals surface area contributed by atoms with Gasteiger partial charge in [0.05, 0.1) is 21.4 Å². The molecule has 2 heterocycles. The van der Waals surface area contributed by atoms with Crippen molar-refractivity contribution in [3.8, 4) is 11.3 Å². The second-order valence-electron chi connectivity index (χ2n) is 6.53. The summed E-state index contributed by atoms with van der Waals surface area (Å²) >= 11 is 12.0. The highest BCUT2D eigenvalue weighted by Gasteiger charge is 2.20. The number of rotatable bonds is 4. The number of hydrogen-bond acceptors (Lipinski definition) is 4. The Balaban J connectivity index is 1.38. The molecule has 4 rings (SSSR count). The van der Waals surface area contributed by atoms with Gasteiger partial charge >= 0.3 is 0 Å². The minimum Gasteiger partial charge on any atom is -0.367 e. The van der Waals surface area contributed by atoms with Crippen LogP contribution >= 0.6 is 23.2 Å². The van der Waals surface area contributed by atoms with E-state index in [4.69, 9.17) is 27.7 Å². The number of para-hydroxylation sites is 1. The number of halogens is 3. The SMILES string of the molecule is Fc1ccccc1N1CCN(Cc2cc(-c3ccc(Cl)c(Cl)c3)on2)CC1. The summed E-state index contributed by atoms with van der Waals surface area (Å²) in [5.41, 5.74) is 2.36. The fraction of sp³-hybridized carbons (Fsp3) is 0.250. The van der Waals surface area contributed by atoms with Crippen LogP contribution < -0.4 is 4.90 Å². The minimum absolute atomic E-state index is 0.172. The van der Waals surface area contributed by atoms with Gasteiger partial charge in [-0.1, -0.05) is 40.5 Å². The summed E-state index contributed by atoms with van der Waals surface area (Å²) in [6, 6.07) is 14.2. The molecule has 1 fully saturated rings. The lowest BCUT2D eigenvalue weighted by Crippen LogP contribution is -2.46. The maximum absolute atomic E-state index is 13.9. The Morgan fingerprint density at radius 2 is 1.74 bits per heavy atom. The topological polar surface area (TPSA) is 32.5 Å². The molecule has 0 bridgehead atoms. The normalized spacial score (nSPS) is 15.3. The molecule has 0 aliphatic carbocycles. The Hall–Kier alpha value is -2.08. The molecule has 3 aromatic rings. The van der Waals surface area contributed by atoms with Crippen molar-refractivity contribution in [2.75, 3.05) is 31.1 Å². The van der Waals surface area contributed by atoms with Crippen LogP contribution in [-0.2, 0) is 6.54 Å². The largest absolute Gasteiger partial charge is 0.367 e. The third-order valence-corrected chi connectivity index (χ3v) is 5.45. The van der Waals surface area contributed by atoms with E-state index in [2.05, 4.69) is 15.0 Å². The molecular weight excluding hydrogens is 388 g/mol. The van der Waals surface area contributed by atoms with Gasteiger partial charge in [-0.05, 0) is 30.3 Å². The Bertz CT molecular complexity index is 938. The van der Waals surface area contributed by atoms with E-state index in [-0.39, 0.29) is 5.82 Å². The van der Waals surface area contributed by atoms with E-state index >= 15 is 0 Å². The lowest BCUT2D eigenvalue weighted by atomic mass is 10.1. The summed E-state index contributed by atoms with van der Waals surface area (Å²) in [6.07, 6.45) is 0. The number of aromatic nitrogens is 1. The first kappa shape index (κ1) is 18.3. The van der Waals surface area contributed by atoms with Gasteiger partial charge in [-0.25, -0.2) is 4.39 Å². The summed E-state index contributed by atoms with van der Waals surface area (Å²) in [5.74, 6) is 0.488. The third-order valence-electron chi connectivity index (χ3n) is 4.71. The van der Waals surface area contributed by atoms with E-state index in [1.807, 2.05) is 24.3 Å². The van der Waals surface area contributed by atoms with Crippen LogP contribution in [0.3, 0.4) is 0 Å². The first-order valence-corrected chi connectivity index (χ1v) is 9.48. The molecule has 0 spiro atoms. The van der Waals surface area contributed by atoms with Crippen LogP contribution in [0.2, 0.25) is 10.0 Å². The van der Waals surface area contributed by atoms with Crippen LogP contribution in [0.4, 0.5) is 10.1 Å². The number of piperazine rings is 1. The zero-order valence-corrected chi connectivity index (χ0v) is 16.0. The fourth-order valence-corrected chi connectivity index (χ4v) is 3.55. The van der Waals surface area contributed by atoms with Crippen molar-refractivity contribution >= 4 is 28.9 Å². The predicted molar refractivity (Wildman–Crippen MR) is 106 cm³/mol. The molecule has 2 aromatic carbocycles. The van der Waals surface area contributed by atoms with Gasteiger partial charge in [0.15, 0.2) is 5.76 Å². The predicted octanol–water partition coefficient (Wildman–Crippen LogP) is 5.11. The van der Waals surface area contributed by atoms with Crippen LogP contribution in [-0.4, -0.2) is 36.2 Å². The number of anilines is 1. The number of hydrogen-bond donors (Lipinski definition) is 0. The highest BCUT2D eigenvalue weighted by molar-refractivity contribution is 6.42. The molecule has 0 N–H and O–H groups in total. The van der Waals surface area contributed by atoms with Crippen LogP contribution in [0.1, 0.15) is 5.69 Å². The van der Waals surface area contributed by atoms with E-state index in [1.54, 1.807) is 18.2 Å². The molecule has 1 aliphatic rings. The molecule has 1 aromatic heterocycles. The van der Waals surface area contributed by atoms with Crippen LogP contribution in [0.25, 0.3) is 11.3 Å². The van der Waals surface area contributed by atoms with Crippen molar-refractivity contribution in [1.29, 1.82) is 0 Å². The van der Waals surface area contributed by atoms with E-state index < -0.39 is 0 Å². The Kier molecular flexibility index (Phi) is 5.34. The summed E-state index contributed by atoms with van der Waals surface area (Å²) in [6.45, 7) is 3.92. The summed E-state index contributed by atoms with van der Waals surface area (Å²) in [7, 11) is 0. The first-order valence-electron chi connectivity index (χ1n) is 8.73. The van der Waals surface area contributed by atoms with Crippen molar-refractivity contribution < 1.29 is 8.91 Å². The Morgan fingerprint density at radius 3 is 2.48 bits per heavy atom. The van der Waals surface area contributed by atoms with Crippen molar-refractivity contribution in [2.45, 2.75) is 6.54 Å². The molecule has 0 atom stereocenters. The molecule has 0 radical (unpaired) electrons. The van der Waals surface area contributed by atoms with Gasteiger partial charge in [0.2, 0.25) is 0 Å². The van der Waals surface area contributed by atoms with Crippen molar-refractivity contribution in [3.63, 3.8) is 0 Å². The first-order chi connectivity index (χ1) is 13.1. The molecule has 0 amide bonds. The summed E-state index contributed by atoms with van der Waals surface area (Å²) < 4.78 is 19.4. The average molecular weight is 406 g/mol. The summed E-state index contributed by atoms with van der Waals surface area (Å²) in [4.78, 5) is 4.36. The second-order valence-corrected chi connectivity index (χ2v) is 7.34. The molecule has 0 unspecified atom stereocenters. The lowest BCUT2D eigenvalue weighted by molar-refractivity contribution is 0.242. The van der Waals surface area contributed by atoms with E-state index in [9.17, 15) is 4.39 Å². The maximum atomic E-state index is 13.9. The smallest absolute Gasteiger partial charge is 0.167 e. The van der Waals surface area contributed by atoms with E-state index in [1.165, 1.54) is 6.07 Å². The molecular formula is C20H18Cl2FN3O. The average Bonchev–Trinajstić information content (AvgIpc) is 3.14. The van der Waals surface area contributed by atoms with Crippen molar-refractivity contribution in [2.24, 2.45) is 0 Å². The van der Waals surface area contributed by atoms with Gasteiger partial charge in [0.25, 0.3) is 0 Å². The number of benzene rings is 2. The van der Waals surface area contributed by atoms with E-state index in [0.29, 0.717) is 28.0 Å². The standard InChI is InChI=1S/C20H18Cl2FN3O/c21-16-6-5-14(11-17(16)22)20-12-15(24-27-20)13-25-7-9-26(10-8-25)19-4-2-1-3-18(19)23/h1-6,11-12H,7-10,13H2. The van der Waals surface area contributed by atoms with Crippen molar-refractivity contribution in [3.05, 3.63) is 70.1 Å². The quantitative estimate of drug-likeness (QED) is 0.603. The zero-order chi connectivity index (χ0) is 18.8. The third kappa shape index (κ3) is 4.10. The van der Waals surface area contributed by atoms with Gasteiger partial charge in [0.1, 0.15) is 5.82 Å². The summed E-state index contributed by atoms with van der Waals surface area (Å²) in [5, 5.41) is 5.15. The second kappa shape index (κ2) is 7.89. The lowest BCUT2D eigenvalue weighted by Gasteiger charge is -2.35. The van der Waals surface area contributed by atoms with Crippen LogP contribution in [0.15, 0.2) is 53.1 Å². The minimum atomic E-state index is -0.172. The molecule has 1 aliphatic heterocycles. The van der Waals surface area contributed by atoms with Gasteiger partial charge in [-0.3, -0.25) is 4.90 Å². The zero-order valence-electron chi connectivity index (χ0n) is 14.5. The fourth-order valence-electron chi connectivity index (χ4n) is 3.26. The Labute approximate surface area is 167 Å². The Morgan fingerprint density at radius 1 is 0.963 bits per heavy atom. The molecule has 0 saturated carbocycles. The van der Waals surface area contributed by atoms with Gasteiger partial charge in [-0.2, -0.15) is 0 Å². The van der Waals surface area contributed by atoms with Crippen LogP contribution in [0.5, 0.6) is 0 Å². The van der Waals surface area contributed by atoms with Gasteiger partial charge in [0, 0.05) is 44.4 Å². The van der Waals surface area contributed by atoms with Gasteiger partial charge in [-0.15, -0.1) is 0 Å². The van der Waals surface area contributed by atoms with Crippen molar-refractivity contribution in [1.82, 2.24) is 10.1 Å². The van der Waals surface area contributed by atoms with Gasteiger partial charge < -0.3 is 9.42 Å². The highest BCUT2D eigenvalue weighted by atomic mass is 35.5. The number of nitrogens with zero attached hydrogens (tertiary/aromatic N) is 3. The monoisotopic (exact) mass is 405 g/mol. The molecule has 4 nitrogen and oxygen atoms in total. The molecule has 1 saturated heterocycles. The van der Waals surface area contributed by atoms with E-state index in [0.717, 1.165) is 37.4 Å². The highest BCUT2D eigenvalue weighted by Crippen LogP contribution is 2.29. The molecule has 140 valence electrons. The van der Waals surface area contributed by atoms with Crippen LogP contribution in [0, 0.1) is 5.82 Å². The molecule has 7 heteroatoms. The molecule has 27 heavy (non-hydrogen) atoms. The maximum Gasteiger partial charge on any atom is 0.167 e.